The quantitative estimate of drug-likeness (QED) is 0.851. The molecule has 1 N–H and O–H groups in total. The van der Waals surface area contributed by atoms with Crippen molar-refractivity contribution in [3.05, 3.63) is 11.7 Å². The van der Waals surface area contributed by atoms with E-state index in [0.717, 1.165) is 25.9 Å². The highest BCUT2D eigenvalue weighted by atomic mass is 32.2. The molecule has 2 atom stereocenters. The van der Waals surface area contributed by atoms with Crippen LogP contribution in [0.25, 0.3) is 0 Å². The van der Waals surface area contributed by atoms with E-state index in [9.17, 15) is 8.42 Å². The maximum Gasteiger partial charge on any atom is 0.240 e. The minimum atomic E-state index is -2.98. The summed E-state index contributed by atoms with van der Waals surface area (Å²) in [6.45, 7) is 6.44. The second-order valence-electron chi connectivity index (χ2n) is 6.93. The Morgan fingerprint density at radius 3 is 2.65 bits per heavy atom. The van der Waals surface area contributed by atoms with Gasteiger partial charge in [0.1, 0.15) is 0 Å². The number of hydrogen-bond donors (Lipinski definition) is 1. The Labute approximate surface area is 137 Å². The Hall–Kier alpha value is -0.990. The average Bonchev–Trinajstić information content (AvgIpc) is 3.10. The number of piperidine rings is 1. The van der Waals surface area contributed by atoms with E-state index in [4.69, 9.17) is 4.52 Å². The second kappa shape index (κ2) is 6.86. The molecule has 0 amide bonds. The molecule has 0 unspecified atom stereocenters. The van der Waals surface area contributed by atoms with Crippen molar-refractivity contribution in [1.82, 2.24) is 20.4 Å². The number of hydrogen-bond acceptors (Lipinski definition) is 7. The van der Waals surface area contributed by atoms with Gasteiger partial charge in [0.15, 0.2) is 15.7 Å². The molecular weight excluding hydrogens is 316 g/mol. The first-order valence-corrected chi connectivity index (χ1v) is 10.3. The van der Waals surface area contributed by atoms with Gasteiger partial charge in [-0.15, -0.1) is 0 Å². The van der Waals surface area contributed by atoms with Crippen molar-refractivity contribution in [2.45, 2.75) is 57.7 Å². The van der Waals surface area contributed by atoms with Gasteiger partial charge in [-0.3, -0.25) is 4.90 Å². The van der Waals surface area contributed by atoms with Gasteiger partial charge in [-0.05, 0) is 25.9 Å². The summed E-state index contributed by atoms with van der Waals surface area (Å²) in [6.07, 6.45) is 3.56. The molecule has 0 aliphatic carbocycles. The summed E-state index contributed by atoms with van der Waals surface area (Å²) in [5.41, 5.74) is 0. The van der Waals surface area contributed by atoms with Gasteiger partial charge in [0, 0.05) is 18.0 Å². The largest absolute Gasteiger partial charge is 0.338 e. The van der Waals surface area contributed by atoms with Gasteiger partial charge in [0.05, 0.1) is 18.1 Å². The molecule has 2 saturated heterocycles. The molecule has 3 rings (SSSR count). The van der Waals surface area contributed by atoms with Crippen molar-refractivity contribution in [3.63, 3.8) is 0 Å². The number of rotatable bonds is 5. The van der Waals surface area contributed by atoms with Crippen LogP contribution in [0.1, 0.15) is 50.7 Å². The van der Waals surface area contributed by atoms with Gasteiger partial charge in [0.25, 0.3) is 0 Å². The third-order valence-electron chi connectivity index (χ3n) is 4.70. The predicted molar refractivity (Wildman–Crippen MR) is 86.9 cm³/mol. The van der Waals surface area contributed by atoms with Gasteiger partial charge >= 0.3 is 0 Å². The van der Waals surface area contributed by atoms with Gasteiger partial charge in [-0.1, -0.05) is 25.4 Å². The number of likely N-dealkylation sites (tertiary alicyclic amines) is 1. The van der Waals surface area contributed by atoms with Crippen LogP contribution in [-0.2, 0) is 16.4 Å². The van der Waals surface area contributed by atoms with Crippen LogP contribution in [0.5, 0.6) is 0 Å². The van der Waals surface area contributed by atoms with E-state index >= 15 is 0 Å². The highest BCUT2D eigenvalue weighted by Gasteiger charge is 2.41. The monoisotopic (exact) mass is 342 g/mol. The van der Waals surface area contributed by atoms with E-state index in [0.29, 0.717) is 18.3 Å². The summed E-state index contributed by atoms with van der Waals surface area (Å²) in [6, 6.07) is 0.000269. The normalized spacial score (nSPS) is 28.5. The molecule has 23 heavy (non-hydrogen) atoms. The second-order valence-corrected chi connectivity index (χ2v) is 9.08. The Morgan fingerprint density at radius 2 is 2.00 bits per heavy atom. The fourth-order valence-electron chi connectivity index (χ4n) is 3.43. The molecule has 130 valence electrons. The van der Waals surface area contributed by atoms with Crippen LogP contribution < -0.4 is 5.32 Å². The highest BCUT2D eigenvalue weighted by molar-refractivity contribution is 7.91. The smallest absolute Gasteiger partial charge is 0.240 e. The molecule has 1 aromatic heterocycles. The van der Waals surface area contributed by atoms with Gasteiger partial charge < -0.3 is 9.84 Å². The number of aromatic nitrogens is 2. The zero-order chi connectivity index (χ0) is 16.4. The third kappa shape index (κ3) is 4.10. The van der Waals surface area contributed by atoms with Gasteiger partial charge in [0.2, 0.25) is 5.89 Å². The number of nitrogens with zero attached hydrogens (tertiary/aromatic N) is 3. The lowest BCUT2D eigenvalue weighted by molar-refractivity contribution is 0.153. The van der Waals surface area contributed by atoms with Gasteiger partial charge in [-0.2, -0.15) is 4.98 Å². The third-order valence-corrected chi connectivity index (χ3v) is 6.41. The van der Waals surface area contributed by atoms with Crippen LogP contribution in [-0.4, -0.2) is 60.1 Å². The fourth-order valence-corrected chi connectivity index (χ4v) is 5.41. The summed E-state index contributed by atoms with van der Waals surface area (Å²) < 4.78 is 29.4. The molecule has 8 heteroatoms. The topological polar surface area (TPSA) is 88.3 Å². The van der Waals surface area contributed by atoms with Crippen molar-refractivity contribution in [2.75, 3.05) is 24.6 Å². The lowest BCUT2D eigenvalue weighted by atomic mass is 10.1. The molecule has 2 aliphatic rings. The number of sulfone groups is 1. The van der Waals surface area contributed by atoms with Crippen LogP contribution in [0.4, 0.5) is 0 Å². The lowest BCUT2D eigenvalue weighted by Gasteiger charge is -2.34. The molecule has 7 nitrogen and oxygen atoms in total. The molecule has 3 heterocycles. The van der Waals surface area contributed by atoms with E-state index in [1.807, 2.05) is 13.8 Å². The zero-order valence-electron chi connectivity index (χ0n) is 13.9. The Balaban J connectivity index is 1.63. The van der Waals surface area contributed by atoms with Crippen LogP contribution in [0.15, 0.2) is 4.52 Å². The van der Waals surface area contributed by atoms with Gasteiger partial charge in [-0.25, -0.2) is 8.42 Å². The van der Waals surface area contributed by atoms with Crippen molar-refractivity contribution in [1.29, 1.82) is 0 Å². The van der Waals surface area contributed by atoms with Crippen molar-refractivity contribution in [2.24, 2.45) is 0 Å². The Kier molecular flexibility index (Phi) is 5.03. The van der Waals surface area contributed by atoms with E-state index in [1.54, 1.807) is 0 Å². The van der Waals surface area contributed by atoms with Crippen LogP contribution >= 0.6 is 0 Å². The van der Waals surface area contributed by atoms with Crippen LogP contribution in [0.3, 0.4) is 0 Å². The first kappa shape index (κ1) is 16.9. The van der Waals surface area contributed by atoms with E-state index in [2.05, 4.69) is 20.4 Å². The van der Waals surface area contributed by atoms with Crippen molar-refractivity contribution >= 4 is 9.84 Å². The molecule has 0 saturated carbocycles. The predicted octanol–water partition coefficient (Wildman–Crippen LogP) is 0.934. The lowest BCUT2D eigenvalue weighted by Crippen LogP contribution is -2.50. The summed E-state index contributed by atoms with van der Waals surface area (Å²) in [4.78, 5) is 6.67. The number of nitrogens with one attached hydrogen (secondary N) is 1. The molecule has 2 aliphatic heterocycles. The molecule has 0 bridgehead atoms. The average molecular weight is 342 g/mol. The summed E-state index contributed by atoms with van der Waals surface area (Å²) in [7, 11) is -2.98. The SMILES string of the molecule is CC(C)c1noc(CN[C@@H]2CS(=O)(=O)C[C@H]2N2CCCCC2)n1. The van der Waals surface area contributed by atoms with Crippen LogP contribution in [0, 0.1) is 0 Å². The maximum atomic E-state index is 12.1. The van der Waals surface area contributed by atoms with E-state index < -0.39 is 9.84 Å². The highest BCUT2D eigenvalue weighted by Crippen LogP contribution is 2.22. The Bertz CT molecular complexity index is 622. The van der Waals surface area contributed by atoms with E-state index in [-0.39, 0.29) is 29.5 Å². The maximum absolute atomic E-state index is 12.1. The minimum Gasteiger partial charge on any atom is -0.338 e. The summed E-state index contributed by atoms with van der Waals surface area (Å²) in [5.74, 6) is 1.88. The standard InChI is InChI=1S/C15H26N4O3S/c1-11(2)15-17-14(22-18-15)8-16-12-9-23(20,21)10-13(12)19-6-4-3-5-7-19/h11-13,16H,3-10H2,1-2H3/t12-,13-/m1/s1. The summed E-state index contributed by atoms with van der Waals surface area (Å²) >= 11 is 0. The zero-order valence-corrected chi connectivity index (χ0v) is 14.7. The fraction of sp³-hybridized carbons (Fsp3) is 0.867. The summed E-state index contributed by atoms with van der Waals surface area (Å²) in [5, 5.41) is 7.28. The van der Waals surface area contributed by atoms with Crippen LogP contribution in [0.2, 0.25) is 0 Å². The molecule has 0 aromatic carbocycles. The molecule has 0 radical (unpaired) electrons. The Morgan fingerprint density at radius 1 is 1.26 bits per heavy atom. The molecule has 1 aromatic rings. The van der Waals surface area contributed by atoms with Crippen molar-refractivity contribution < 1.29 is 12.9 Å². The minimum absolute atomic E-state index is 0.0625. The molecule has 0 spiro atoms. The van der Waals surface area contributed by atoms with E-state index in [1.165, 1.54) is 6.42 Å². The first-order valence-electron chi connectivity index (χ1n) is 8.45. The molecule has 2 fully saturated rings. The first-order chi connectivity index (χ1) is 10.9. The molecular formula is C15H26N4O3S. The van der Waals surface area contributed by atoms with Crippen molar-refractivity contribution in [3.8, 4) is 0 Å².